The van der Waals surface area contributed by atoms with Crippen molar-refractivity contribution in [3.63, 3.8) is 0 Å². The Balaban J connectivity index is 2.26. The van der Waals surface area contributed by atoms with E-state index in [1.165, 1.54) is 0 Å². The zero-order valence-electron chi connectivity index (χ0n) is 13.3. The van der Waals surface area contributed by atoms with Crippen LogP contribution in [0.4, 0.5) is 0 Å². The first-order valence-corrected chi connectivity index (χ1v) is 7.74. The number of hydrogen-bond acceptors (Lipinski definition) is 6. The van der Waals surface area contributed by atoms with Crippen molar-refractivity contribution in [3.05, 3.63) is 27.3 Å². The van der Waals surface area contributed by atoms with Gasteiger partial charge >= 0.3 is 0 Å². The summed E-state index contributed by atoms with van der Waals surface area (Å²) in [5.74, 6) is 0.768. The molecule has 21 heavy (non-hydrogen) atoms. The van der Waals surface area contributed by atoms with E-state index in [-0.39, 0.29) is 6.04 Å². The van der Waals surface area contributed by atoms with Gasteiger partial charge in [0.1, 0.15) is 0 Å². The highest BCUT2D eigenvalue weighted by Crippen LogP contribution is 2.31. The summed E-state index contributed by atoms with van der Waals surface area (Å²) in [6.07, 6.45) is 0. The van der Waals surface area contributed by atoms with E-state index in [1.807, 2.05) is 20.9 Å². The van der Waals surface area contributed by atoms with E-state index in [1.54, 1.807) is 23.1 Å². The standard InChI is InChI=1S/C14H23N5OS/c1-9-13(14(20-5)19(4)17-9)12(6-15)18(3)7-11-8-21-10(2)16-11/h8,12H,6-7,15H2,1-5H3. The monoisotopic (exact) mass is 309 g/mol. The van der Waals surface area contributed by atoms with Gasteiger partial charge in [-0.3, -0.25) is 4.90 Å². The molecule has 2 aromatic heterocycles. The smallest absolute Gasteiger partial charge is 0.216 e. The van der Waals surface area contributed by atoms with Crippen LogP contribution < -0.4 is 10.5 Å². The molecule has 2 N–H and O–H groups in total. The predicted octanol–water partition coefficient (Wildman–Crippen LogP) is 1.63. The van der Waals surface area contributed by atoms with E-state index >= 15 is 0 Å². The van der Waals surface area contributed by atoms with Gasteiger partial charge in [0.25, 0.3) is 0 Å². The number of rotatable bonds is 6. The maximum Gasteiger partial charge on any atom is 0.216 e. The summed E-state index contributed by atoms with van der Waals surface area (Å²) in [4.78, 5) is 6.71. The third-order valence-corrected chi connectivity index (χ3v) is 4.40. The van der Waals surface area contributed by atoms with Crippen LogP contribution >= 0.6 is 11.3 Å². The molecule has 116 valence electrons. The first kappa shape index (κ1) is 15.9. The van der Waals surface area contributed by atoms with Gasteiger partial charge in [-0.05, 0) is 20.9 Å². The fraction of sp³-hybridized carbons (Fsp3) is 0.571. The number of aromatic nitrogens is 3. The van der Waals surface area contributed by atoms with Gasteiger partial charge < -0.3 is 10.5 Å². The maximum absolute atomic E-state index is 6.01. The average Bonchev–Trinajstić information content (AvgIpc) is 2.95. The number of aryl methyl sites for hydroxylation is 3. The SMILES string of the molecule is COc1c(C(CN)N(C)Cc2csc(C)n2)c(C)nn1C. The van der Waals surface area contributed by atoms with Gasteiger partial charge in [-0.2, -0.15) is 5.10 Å². The van der Waals surface area contributed by atoms with Gasteiger partial charge in [0.05, 0.1) is 35.1 Å². The number of nitrogens with two attached hydrogens (primary N) is 1. The van der Waals surface area contributed by atoms with E-state index in [0.717, 1.165) is 34.4 Å². The van der Waals surface area contributed by atoms with Crippen molar-refractivity contribution < 1.29 is 4.74 Å². The molecule has 0 aliphatic rings. The van der Waals surface area contributed by atoms with Crippen molar-refractivity contribution in [1.82, 2.24) is 19.7 Å². The Morgan fingerprint density at radius 3 is 2.71 bits per heavy atom. The molecule has 0 fully saturated rings. The lowest BCUT2D eigenvalue weighted by Crippen LogP contribution is -2.31. The van der Waals surface area contributed by atoms with Crippen molar-refractivity contribution in [2.75, 3.05) is 20.7 Å². The van der Waals surface area contributed by atoms with Gasteiger partial charge in [-0.25, -0.2) is 9.67 Å². The molecule has 0 amide bonds. The minimum atomic E-state index is 0.0515. The Morgan fingerprint density at radius 2 is 2.19 bits per heavy atom. The minimum absolute atomic E-state index is 0.0515. The summed E-state index contributed by atoms with van der Waals surface area (Å²) in [7, 11) is 5.60. The van der Waals surface area contributed by atoms with Crippen LogP contribution in [-0.2, 0) is 13.6 Å². The number of thiazole rings is 1. The third-order valence-electron chi connectivity index (χ3n) is 3.57. The number of likely N-dealkylation sites (N-methyl/N-ethyl adjacent to an activating group) is 1. The molecule has 0 spiro atoms. The minimum Gasteiger partial charge on any atom is -0.481 e. The Labute approximate surface area is 129 Å². The Bertz CT molecular complexity index is 607. The van der Waals surface area contributed by atoms with E-state index in [0.29, 0.717) is 6.54 Å². The van der Waals surface area contributed by atoms with Crippen LogP contribution in [0.2, 0.25) is 0 Å². The summed E-state index contributed by atoms with van der Waals surface area (Å²) >= 11 is 1.67. The van der Waals surface area contributed by atoms with Crippen molar-refractivity contribution in [2.45, 2.75) is 26.4 Å². The molecule has 2 aromatic rings. The summed E-state index contributed by atoms with van der Waals surface area (Å²) < 4.78 is 7.25. The van der Waals surface area contributed by atoms with E-state index < -0.39 is 0 Å². The molecule has 7 heteroatoms. The highest BCUT2D eigenvalue weighted by molar-refractivity contribution is 7.09. The van der Waals surface area contributed by atoms with Crippen molar-refractivity contribution in [1.29, 1.82) is 0 Å². The van der Waals surface area contributed by atoms with Crippen molar-refractivity contribution >= 4 is 11.3 Å². The highest BCUT2D eigenvalue weighted by atomic mass is 32.1. The first-order valence-electron chi connectivity index (χ1n) is 6.86. The van der Waals surface area contributed by atoms with Crippen LogP contribution in [0.1, 0.15) is 28.0 Å². The van der Waals surface area contributed by atoms with Crippen LogP contribution in [0, 0.1) is 13.8 Å². The molecule has 0 saturated carbocycles. The van der Waals surface area contributed by atoms with Gasteiger partial charge in [-0.1, -0.05) is 0 Å². The molecule has 6 nitrogen and oxygen atoms in total. The largest absolute Gasteiger partial charge is 0.481 e. The summed E-state index contributed by atoms with van der Waals surface area (Å²) in [5.41, 5.74) is 9.09. The van der Waals surface area contributed by atoms with Crippen LogP contribution in [0.25, 0.3) is 0 Å². The second-order valence-corrected chi connectivity index (χ2v) is 6.22. The summed E-state index contributed by atoms with van der Waals surface area (Å²) in [6.45, 7) is 5.26. The third kappa shape index (κ3) is 3.25. The number of nitrogens with zero attached hydrogens (tertiary/aromatic N) is 4. The van der Waals surface area contributed by atoms with Gasteiger partial charge in [0.2, 0.25) is 5.88 Å². The lowest BCUT2D eigenvalue weighted by atomic mass is 10.1. The molecule has 0 aliphatic heterocycles. The van der Waals surface area contributed by atoms with Crippen molar-refractivity contribution in [2.24, 2.45) is 12.8 Å². The summed E-state index contributed by atoms with van der Waals surface area (Å²) in [5, 5.41) is 7.61. The molecular weight excluding hydrogens is 286 g/mol. The van der Waals surface area contributed by atoms with Gasteiger partial charge in [0, 0.05) is 25.5 Å². The molecule has 1 unspecified atom stereocenters. The second-order valence-electron chi connectivity index (χ2n) is 5.16. The lowest BCUT2D eigenvalue weighted by Gasteiger charge is -2.26. The van der Waals surface area contributed by atoms with Crippen LogP contribution in [0.15, 0.2) is 5.38 Å². The van der Waals surface area contributed by atoms with Gasteiger partial charge in [0.15, 0.2) is 0 Å². The van der Waals surface area contributed by atoms with E-state index in [2.05, 4.69) is 27.4 Å². The number of methoxy groups -OCH3 is 1. The van der Waals surface area contributed by atoms with Crippen molar-refractivity contribution in [3.8, 4) is 5.88 Å². The fourth-order valence-corrected chi connectivity index (χ4v) is 3.25. The zero-order chi connectivity index (χ0) is 15.6. The number of hydrogen-bond donors (Lipinski definition) is 1. The molecule has 0 aromatic carbocycles. The quantitative estimate of drug-likeness (QED) is 0.878. The predicted molar refractivity (Wildman–Crippen MR) is 84.6 cm³/mol. The molecule has 2 rings (SSSR count). The molecule has 0 bridgehead atoms. The van der Waals surface area contributed by atoms with Crippen LogP contribution in [0.5, 0.6) is 5.88 Å². The van der Waals surface area contributed by atoms with E-state index in [4.69, 9.17) is 10.5 Å². The molecule has 1 atom stereocenters. The van der Waals surface area contributed by atoms with Gasteiger partial charge in [-0.15, -0.1) is 11.3 Å². The highest BCUT2D eigenvalue weighted by Gasteiger charge is 2.26. The molecule has 0 radical (unpaired) electrons. The average molecular weight is 309 g/mol. The molecular formula is C14H23N5OS. The lowest BCUT2D eigenvalue weighted by molar-refractivity contribution is 0.232. The molecule has 0 aliphatic carbocycles. The Hall–Kier alpha value is -1.44. The second kappa shape index (κ2) is 6.55. The zero-order valence-corrected chi connectivity index (χ0v) is 14.1. The van der Waals surface area contributed by atoms with E-state index in [9.17, 15) is 0 Å². The maximum atomic E-state index is 6.01. The topological polar surface area (TPSA) is 69.2 Å². The molecule has 2 heterocycles. The fourth-order valence-electron chi connectivity index (χ4n) is 2.64. The number of ether oxygens (including phenoxy) is 1. The Morgan fingerprint density at radius 1 is 1.48 bits per heavy atom. The Kier molecular flexibility index (Phi) is 4.97. The van der Waals surface area contributed by atoms with Crippen LogP contribution in [-0.4, -0.2) is 40.4 Å². The summed E-state index contributed by atoms with van der Waals surface area (Å²) in [6, 6.07) is 0.0515. The first-order chi connectivity index (χ1) is 9.97. The normalized spacial score (nSPS) is 12.9. The molecule has 0 saturated heterocycles. The van der Waals surface area contributed by atoms with Crippen LogP contribution in [0.3, 0.4) is 0 Å².